The van der Waals surface area contributed by atoms with E-state index in [1.54, 1.807) is 12.1 Å². The average Bonchev–Trinajstić information content (AvgIpc) is 2.37. The maximum Gasteiger partial charge on any atom is 0.124 e. The lowest BCUT2D eigenvalue weighted by atomic mass is 9.72. The van der Waals surface area contributed by atoms with E-state index < -0.39 is 0 Å². The quantitative estimate of drug-likeness (QED) is 0.751. The number of rotatable bonds is 3. The Kier molecular flexibility index (Phi) is 5.23. The van der Waals surface area contributed by atoms with E-state index in [1.807, 2.05) is 13.1 Å². The summed E-state index contributed by atoms with van der Waals surface area (Å²) in [7, 11) is 2.02. The Hall–Kier alpha value is -0.160. The topological polar surface area (TPSA) is 12.0 Å². The van der Waals surface area contributed by atoms with Crippen molar-refractivity contribution in [2.45, 2.75) is 39.2 Å². The van der Waals surface area contributed by atoms with Crippen LogP contribution in [-0.4, -0.2) is 7.05 Å². The standard InChI is InChI=1S/C16H23FIN/c1-10-4-5-12(8-11(10)2)16(19-3)14-7-6-13(17)9-15(14)18/h6-7,9-12,16,19H,4-5,8H2,1-3H3. The lowest BCUT2D eigenvalue weighted by Crippen LogP contribution is -2.32. The number of hydrogen-bond donors (Lipinski definition) is 1. The number of halogens is 2. The molecule has 1 N–H and O–H groups in total. The highest BCUT2D eigenvalue weighted by molar-refractivity contribution is 14.1. The van der Waals surface area contributed by atoms with Crippen LogP contribution in [0.4, 0.5) is 4.39 Å². The van der Waals surface area contributed by atoms with E-state index in [1.165, 1.54) is 24.8 Å². The van der Waals surface area contributed by atoms with Gasteiger partial charge in [-0.05, 0) is 77.9 Å². The lowest BCUT2D eigenvalue weighted by Gasteiger charge is -2.37. The molecule has 1 aromatic rings. The molecule has 0 aromatic heterocycles. The minimum absolute atomic E-state index is 0.145. The van der Waals surface area contributed by atoms with E-state index in [4.69, 9.17) is 0 Å². The van der Waals surface area contributed by atoms with Crippen molar-refractivity contribution < 1.29 is 4.39 Å². The van der Waals surface area contributed by atoms with Gasteiger partial charge in [0.1, 0.15) is 5.82 Å². The first-order valence-electron chi connectivity index (χ1n) is 7.15. The van der Waals surface area contributed by atoms with E-state index in [9.17, 15) is 4.39 Å². The summed E-state index contributed by atoms with van der Waals surface area (Å²) in [6, 6.07) is 5.51. The van der Waals surface area contributed by atoms with Crippen LogP contribution in [0.15, 0.2) is 18.2 Å². The molecule has 1 nitrogen and oxygen atoms in total. The van der Waals surface area contributed by atoms with Gasteiger partial charge >= 0.3 is 0 Å². The summed E-state index contributed by atoms with van der Waals surface area (Å²) in [6.45, 7) is 4.72. The van der Waals surface area contributed by atoms with Crippen molar-refractivity contribution in [1.82, 2.24) is 5.32 Å². The molecule has 0 spiro atoms. The minimum atomic E-state index is -0.145. The molecule has 1 aliphatic carbocycles. The van der Waals surface area contributed by atoms with Crippen LogP contribution in [-0.2, 0) is 0 Å². The van der Waals surface area contributed by atoms with Gasteiger partial charge < -0.3 is 5.32 Å². The minimum Gasteiger partial charge on any atom is -0.313 e. The lowest BCUT2D eigenvalue weighted by molar-refractivity contribution is 0.174. The van der Waals surface area contributed by atoms with Crippen LogP contribution >= 0.6 is 22.6 Å². The molecule has 1 aromatic carbocycles. The molecule has 106 valence electrons. The Balaban J connectivity index is 2.20. The van der Waals surface area contributed by atoms with Gasteiger partial charge in [-0.15, -0.1) is 0 Å². The zero-order valence-corrected chi connectivity index (χ0v) is 14.1. The highest BCUT2D eigenvalue weighted by atomic mass is 127. The molecule has 1 fully saturated rings. The van der Waals surface area contributed by atoms with Crippen molar-refractivity contribution in [3.05, 3.63) is 33.1 Å². The summed E-state index contributed by atoms with van der Waals surface area (Å²) >= 11 is 2.25. The summed E-state index contributed by atoms with van der Waals surface area (Å²) in [6.07, 6.45) is 3.84. The molecule has 0 bridgehead atoms. The van der Waals surface area contributed by atoms with Gasteiger partial charge in [-0.2, -0.15) is 0 Å². The molecule has 0 saturated heterocycles. The zero-order chi connectivity index (χ0) is 14.0. The normalized spacial score (nSPS) is 29.2. The molecule has 0 radical (unpaired) electrons. The van der Waals surface area contributed by atoms with Gasteiger partial charge in [0.15, 0.2) is 0 Å². The van der Waals surface area contributed by atoms with Crippen LogP contribution in [0.2, 0.25) is 0 Å². The first-order chi connectivity index (χ1) is 9.02. The Morgan fingerprint density at radius 2 is 2.00 bits per heavy atom. The molecule has 0 amide bonds. The van der Waals surface area contributed by atoms with Crippen molar-refractivity contribution in [1.29, 1.82) is 0 Å². The van der Waals surface area contributed by atoms with Crippen LogP contribution in [0.25, 0.3) is 0 Å². The molecule has 3 heteroatoms. The van der Waals surface area contributed by atoms with Crippen molar-refractivity contribution in [2.24, 2.45) is 17.8 Å². The number of benzene rings is 1. The average molecular weight is 375 g/mol. The third-order valence-electron chi connectivity index (χ3n) is 4.72. The molecule has 1 saturated carbocycles. The molecular weight excluding hydrogens is 352 g/mol. The molecule has 4 atom stereocenters. The van der Waals surface area contributed by atoms with E-state index in [-0.39, 0.29) is 5.82 Å². The van der Waals surface area contributed by atoms with Crippen molar-refractivity contribution in [3.63, 3.8) is 0 Å². The molecule has 2 rings (SSSR count). The Labute approximate surface area is 129 Å². The van der Waals surface area contributed by atoms with E-state index in [2.05, 4.69) is 41.8 Å². The number of nitrogens with one attached hydrogen (secondary N) is 1. The predicted octanol–water partition coefficient (Wildman–Crippen LogP) is 4.76. The summed E-state index contributed by atoms with van der Waals surface area (Å²) in [5.74, 6) is 2.14. The van der Waals surface area contributed by atoms with Gasteiger partial charge in [0.05, 0.1) is 0 Å². The smallest absolute Gasteiger partial charge is 0.124 e. The second kappa shape index (κ2) is 6.53. The third kappa shape index (κ3) is 3.48. The first-order valence-corrected chi connectivity index (χ1v) is 8.23. The van der Waals surface area contributed by atoms with Crippen LogP contribution in [0, 0.1) is 27.1 Å². The maximum atomic E-state index is 13.2. The fourth-order valence-electron chi connectivity index (χ4n) is 3.29. The fourth-order valence-corrected chi connectivity index (χ4v) is 4.10. The number of hydrogen-bond acceptors (Lipinski definition) is 1. The molecule has 19 heavy (non-hydrogen) atoms. The van der Waals surface area contributed by atoms with Crippen LogP contribution in [0.3, 0.4) is 0 Å². The highest BCUT2D eigenvalue weighted by Gasteiger charge is 2.31. The third-order valence-corrected chi connectivity index (χ3v) is 5.65. The van der Waals surface area contributed by atoms with Crippen LogP contribution in [0.5, 0.6) is 0 Å². The zero-order valence-electron chi connectivity index (χ0n) is 11.9. The van der Waals surface area contributed by atoms with Gasteiger partial charge in [-0.1, -0.05) is 26.3 Å². The summed E-state index contributed by atoms with van der Waals surface area (Å²) in [5, 5.41) is 3.46. The van der Waals surface area contributed by atoms with Gasteiger partial charge in [-0.25, -0.2) is 4.39 Å². The van der Waals surface area contributed by atoms with Crippen molar-refractivity contribution >= 4 is 22.6 Å². The van der Waals surface area contributed by atoms with Crippen LogP contribution in [0.1, 0.15) is 44.7 Å². The molecule has 1 aliphatic rings. The SMILES string of the molecule is CNC(c1ccc(F)cc1I)C1CCC(C)C(C)C1. The first kappa shape index (κ1) is 15.2. The molecule has 4 unspecified atom stereocenters. The van der Waals surface area contributed by atoms with Gasteiger partial charge in [0.25, 0.3) is 0 Å². The van der Waals surface area contributed by atoms with Gasteiger partial charge in [-0.3, -0.25) is 0 Å². The molecule has 0 heterocycles. The largest absolute Gasteiger partial charge is 0.313 e. The second-order valence-electron chi connectivity index (χ2n) is 5.96. The van der Waals surface area contributed by atoms with E-state index in [0.29, 0.717) is 12.0 Å². The maximum absolute atomic E-state index is 13.2. The highest BCUT2D eigenvalue weighted by Crippen LogP contribution is 2.40. The monoisotopic (exact) mass is 375 g/mol. The molecular formula is C16H23FIN. The van der Waals surface area contributed by atoms with Crippen LogP contribution < -0.4 is 5.32 Å². The Morgan fingerprint density at radius 1 is 1.26 bits per heavy atom. The summed E-state index contributed by atoms with van der Waals surface area (Å²) < 4.78 is 14.3. The van der Waals surface area contributed by atoms with Crippen molar-refractivity contribution in [2.75, 3.05) is 7.05 Å². The Morgan fingerprint density at radius 3 is 2.58 bits per heavy atom. The second-order valence-corrected chi connectivity index (χ2v) is 7.12. The van der Waals surface area contributed by atoms with E-state index >= 15 is 0 Å². The fraction of sp³-hybridized carbons (Fsp3) is 0.625. The Bertz CT molecular complexity index is 435. The molecule has 0 aliphatic heterocycles. The summed E-state index contributed by atoms with van der Waals surface area (Å²) in [5.41, 5.74) is 1.25. The van der Waals surface area contributed by atoms with Crippen molar-refractivity contribution in [3.8, 4) is 0 Å². The summed E-state index contributed by atoms with van der Waals surface area (Å²) in [4.78, 5) is 0. The van der Waals surface area contributed by atoms with Gasteiger partial charge in [0, 0.05) is 9.61 Å². The van der Waals surface area contributed by atoms with E-state index in [0.717, 1.165) is 15.4 Å². The predicted molar refractivity (Wildman–Crippen MR) is 86.6 cm³/mol. The van der Waals surface area contributed by atoms with Gasteiger partial charge in [0.2, 0.25) is 0 Å².